The molecular weight excluding hydrogens is 316 g/mol. The van der Waals surface area contributed by atoms with Crippen LogP contribution in [0.3, 0.4) is 0 Å². The number of benzene rings is 2. The van der Waals surface area contributed by atoms with E-state index in [1.807, 2.05) is 54.6 Å². The van der Waals surface area contributed by atoms with Gasteiger partial charge in [0.25, 0.3) is 0 Å². The zero-order valence-electron chi connectivity index (χ0n) is 10.8. The Labute approximate surface area is 126 Å². The van der Waals surface area contributed by atoms with Gasteiger partial charge in [0.1, 0.15) is 11.9 Å². The summed E-state index contributed by atoms with van der Waals surface area (Å²) in [7, 11) is 0. The Morgan fingerprint density at radius 1 is 1.00 bits per heavy atom. The molecule has 0 bridgehead atoms. The Kier molecular flexibility index (Phi) is 3.70. The quantitative estimate of drug-likeness (QED) is 0.810. The van der Waals surface area contributed by atoms with E-state index in [9.17, 15) is 4.79 Å². The van der Waals surface area contributed by atoms with Crippen LogP contribution in [0.2, 0.25) is 0 Å². The summed E-state index contributed by atoms with van der Waals surface area (Å²) in [6.45, 7) is 0. The van der Waals surface area contributed by atoms with Crippen molar-refractivity contribution in [3.8, 4) is 0 Å². The minimum atomic E-state index is -0.202. The molecule has 0 saturated heterocycles. The number of hydrogen-bond acceptors (Lipinski definition) is 2. The maximum atomic E-state index is 11.9. The molecule has 20 heavy (non-hydrogen) atoms. The van der Waals surface area contributed by atoms with Crippen LogP contribution >= 0.6 is 15.9 Å². The Morgan fingerprint density at radius 2 is 1.70 bits per heavy atom. The number of allylic oxidation sites excluding steroid dienone is 1. The molecule has 0 fully saturated rings. The van der Waals surface area contributed by atoms with E-state index in [0.29, 0.717) is 12.2 Å². The molecule has 2 nitrogen and oxygen atoms in total. The van der Waals surface area contributed by atoms with E-state index in [2.05, 4.69) is 15.9 Å². The standard InChI is InChI=1S/C17H13BrO2/c18-14-8-6-13(7-9-14)17-11-15(19)10-16(20-17)12-4-2-1-3-5-12/h1-9,11,16H,10H2. The van der Waals surface area contributed by atoms with Crippen LogP contribution in [0.4, 0.5) is 0 Å². The average molecular weight is 329 g/mol. The van der Waals surface area contributed by atoms with Gasteiger partial charge in [0, 0.05) is 16.1 Å². The highest BCUT2D eigenvalue weighted by Gasteiger charge is 2.23. The molecular formula is C17H13BrO2. The molecule has 3 heteroatoms. The number of ketones is 1. The Balaban J connectivity index is 1.89. The third-order valence-corrected chi connectivity index (χ3v) is 3.78. The molecule has 0 N–H and O–H groups in total. The van der Waals surface area contributed by atoms with Gasteiger partial charge in [0.2, 0.25) is 0 Å². The van der Waals surface area contributed by atoms with Gasteiger partial charge in [-0.1, -0.05) is 58.4 Å². The van der Waals surface area contributed by atoms with Gasteiger partial charge in [-0.15, -0.1) is 0 Å². The van der Waals surface area contributed by atoms with Crippen molar-refractivity contribution in [2.45, 2.75) is 12.5 Å². The van der Waals surface area contributed by atoms with Gasteiger partial charge in [-0.2, -0.15) is 0 Å². The molecule has 2 aromatic carbocycles. The number of halogens is 1. The van der Waals surface area contributed by atoms with Crippen LogP contribution in [0, 0.1) is 0 Å². The minimum Gasteiger partial charge on any atom is -0.485 e. The lowest BCUT2D eigenvalue weighted by Gasteiger charge is -2.24. The number of carbonyl (C=O) groups is 1. The van der Waals surface area contributed by atoms with E-state index in [0.717, 1.165) is 15.6 Å². The van der Waals surface area contributed by atoms with Crippen LogP contribution in [0.15, 0.2) is 65.1 Å². The summed E-state index contributed by atoms with van der Waals surface area (Å²) in [4.78, 5) is 11.9. The molecule has 2 aromatic rings. The molecule has 3 rings (SSSR count). The summed E-state index contributed by atoms with van der Waals surface area (Å²) in [5, 5.41) is 0. The zero-order valence-corrected chi connectivity index (χ0v) is 12.3. The summed E-state index contributed by atoms with van der Waals surface area (Å²) in [5.74, 6) is 0.741. The fourth-order valence-corrected chi connectivity index (χ4v) is 2.50. The van der Waals surface area contributed by atoms with Crippen LogP contribution in [-0.4, -0.2) is 5.78 Å². The maximum absolute atomic E-state index is 11.9. The summed E-state index contributed by atoms with van der Waals surface area (Å²) >= 11 is 3.40. The first-order valence-corrected chi connectivity index (χ1v) is 7.24. The molecule has 0 saturated carbocycles. The lowest BCUT2D eigenvalue weighted by molar-refractivity contribution is -0.117. The summed E-state index contributed by atoms with van der Waals surface area (Å²) in [6.07, 6.45) is 1.78. The molecule has 100 valence electrons. The van der Waals surface area contributed by atoms with Gasteiger partial charge >= 0.3 is 0 Å². The van der Waals surface area contributed by atoms with Gasteiger partial charge < -0.3 is 4.74 Å². The third-order valence-electron chi connectivity index (χ3n) is 3.25. The highest BCUT2D eigenvalue weighted by Crippen LogP contribution is 2.33. The summed E-state index contributed by atoms with van der Waals surface area (Å²) in [6, 6.07) is 17.6. The number of ether oxygens (including phenoxy) is 1. The highest BCUT2D eigenvalue weighted by atomic mass is 79.9. The Hall–Kier alpha value is -1.87. The van der Waals surface area contributed by atoms with Gasteiger partial charge in [-0.3, -0.25) is 4.79 Å². The van der Waals surface area contributed by atoms with Crippen molar-refractivity contribution in [1.29, 1.82) is 0 Å². The first-order valence-electron chi connectivity index (χ1n) is 6.44. The molecule has 1 aliphatic rings. The van der Waals surface area contributed by atoms with E-state index in [-0.39, 0.29) is 11.9 Å². The summed E-state index contributed by atoms with van der Waals surface area (Å²) in [5.41, 5.74) is 1.95. The second kappa shape index (κ2) is 5.63. The van der Waals surface area contributed by atoms with Crippen LogP contribution < -0.4 is 0 Å². The van der Waals surface area contributed by atoms with Crippen molar-refractivity contribution in [3.05, 3.63) is 76.3 Å². The van der Waals surface area contributed by atoms with E-state index >= 15 is 0 Å². The maximum Gasteiger partial charge on any atom is 0.163 e. The van der Waals surface area contributed by atoms with E-state index < -0.39 is 0 Å². The number of hydrogen-bond donors (Lipinski definition) is 0. The average Bonchev–Trinajstić information content (AvgIpc) is 2.48. The molecule has 0 amide bonds. The van der Waals surface area contributed by atoms with Gasteiger partial charge in [-0.25, -0.2) is 0 Å². The third kappa shape index (κ3) is 2.83. The van der Waals surface area contributed by atoms with E-state index in [4.69, 9.17) is 4.74 Å². The van der Waals surface area contributed by atoms with Crippen LogP contribution in [-0.2, 0) is 9.53 Å². The molecule has 1 unspecified atom stereocenters. The Bertz CT molecular complexity index is 644. The van der Waals surface area contributed by atoms with E-state index in [1.165, 1.54) is 0 Å². The minimum absolute atomic E-state index is 0.100. The second-order valence-electron chi connectivity index (χ2n) is 4.70. The molecule has 0 spiro atoms. The van der Waals surface area contributed by atoms with Crippen LogP contribution in [0.25, 0.3) is 5.76 Å². The van der Waals surface area contributed by atoms with Crippen molar-refractivity contribution >= 4 is 27.5 Å². The molecule has 0 aromatic heterocycles. The normalized spacial score (nSPS) is 18.4. The van der Waals surface area contributed by atoms with Gasteiger partial charge in [0.15, 0.2) is 5.78 Å². The van der Waals surface area contributed by atoms with Crippen molar-refractivity contribution in [2.75, 3.05) is 0 Å². The highest BCUT2D eigenvalue weighted by molar-refractivity contribution is 9.10. The van der Waals surface area contributed by atoms with Crippen molar-refractivity contribution in [3.63, 3.8) is 0 Å². The van der Waals surface area contributed by atoms with Crippen molar-refractivity contribution in [2.24, 2.45) is 0 Å². The smallest absolute Gasteiger partial charge is 0.163 e. The van der Waals surface area contributed by atoms with Gasteiger partial charge in [-0.05, 0) is 17.7 Å². The second-order valence-corrected chi connectivity index (χ2v) is 5.62. The molecule has 1 heterocycles. The van der Waals surface area contributed by atoms with Crippen LogP contribution in [0.5, 0.6) is 0 Å². The monoisotopic (exact) mass is 328 g/mol. The number of rotatable bonds is 2. The molecule has 0 radical (unpaired) electrons. The predicted molar refractivity (Wildman–Crippen MR) is 82.0 cm³/mol. The first kappa shape index (κ1) is 13.1. The lowest BCUT2D eigenvalue weighted by Crippen LogP contribution is -2.14. The van der Waals surface area contributed by atoms with Crippen molar-refractivity contribution < 1.29 is 9.53 Å². The predicted octanol–water partition coefficient (Wildman–Crippen LogP) is 4.52. The molecule has 1 atom stereocenters. The lowest BCUT2D eigenvalue weighted by atomic mass is 10.00. The SMILES string of the molecule is O=C1C=C(c2ccc(Br)cc2)OC(c2ccccc2)C1. The first-order chi connectivity index (χ1) is 9.72. The molecule has 1 aliphatic heterocycles. The van der Waals surface area contributed by atoms with Gasteiger partial charge in [0.05, 0.1) is 6.42 Å². The summed E-state index contributed by atoms with van der Waals surface area (Å²) < 4.78 is 7.00. The van der Waals surface area contributed by atoms with E-state index in [1.54, 1.807) is 6.08 Å². The topological polar surface area (TPSA) is 26.3 Å². The Morgan fingerprint density at radius 3 is 2.40 bits per heavy atom. The fraction of sp³-hybridized carbons (Fsp3) is 0.118. The largest absolute Gasteiger partial charge is 0.485 e. The fourth-order valence-electron chi connectivity index (χ4n) is 2.24. The van der Waals surface area contributed by atoms with Crippen molar-refractivity contribution in [1.82, 2.24) is 0 Å². The number of carbonyl (C=O) groups excluding carboxylic acids is 1. The van der Waals surface area contributed by atoms with Crippen LogP contribution in [0.1, 0.15) is 23.7 Å². The zero-order chi connectivity index (χ0) is 13.9. The molecule has 0 aliphatic carbocycles.